The Hall–Kier alpha value is -3.08. The number of carbonyl (C=O) groups excluding carboxylic acids is 1. The maximum absolute atomic E-state index is 13.2. The van der Waals surface area contributed by atoms with Gasteiger partial charge in [0, 0.05) is 58.8 Å². The highest BCUT2D eigenvalue weighted by molar-refractivity contribution is 7.90. The van der Waals surface area contributed by atoms with Gasteiger partial charge in [0.1, 0.15) is 0 Å². The van der Waals surface area contributed by atoms with Gasteiger partial charge in [0.2, 0.25) is 5.95 Å². The van der Waals surface area contributed by atoms with Crippen molar-refractivity contribution in [1.82, 2.24) is 20.2 Å². The highest BCUT2D eigenvalue weighted by Crippen LogP contribution is 2.32. The molecule has 2 aromatic carbocycles. The van der Waals surface area contributed by atoms with E-state index < -0.39 is 9.84 Å². The van der Waals surface area contributed by atoms with Crippen LogP contribution in [0.4, 0.5) is 11.6 Å². The van der Waals surface area contributed by atoms with Crippen molar-refractivity contribution in [2.75, 3.05) is 24.7 Å². The van der Waals surface area contributed by atoms with E-state index in [0.717, 1.165) is 21.0 Å². The number of piperazine rings is 1. The van der Waals surface area contributed by atoms with Crippen LogP contribution < -0.4 is 10.6 Å². The number of carbonyl (C=O) groups is 1. The number of hydrogen-bond acceptors (Lipinski definition) is 8. The first kappa shape index (κ1) is 22.7. The van der Waals surface area contributed by atoms with Crippen LogP contribution in [0.5, 0.6) is 0 Å². The van der Waals surface area contributed by atoms with Crippen molar-refractivity contribution < 1.29 is 13.2 Å². The van der Waals surface area contributed by atoms with Gasteiger partial charge in [-0.3, -0.25) is 4.79 Å². The molecule has 0 aliphatic carbocycles. The summed E-state index contributed by atoms with van der Waals surface area (Å²) in [7, 11) is -3.32. The van der Waals surface area contributed by atoms with Crippen LogP contribution in [0.3, 0.4) is 0 Å². The molecule has 0 radical (unpaired) electrons. The first-order valence-electron chi connectivity index (χ1n) is 11.0. The van der Waals surface area contributed by atoms with Crippen molar-refractivity contribution in [3.8, 4) is 0 Å². The van der Waals surface area contributed by atoms with Gasteiger partial charge in [0.15, 0.2) is 9.84 Å². The summed E-state index contributed by atoms with van der Waals surface area (Å²) < 4.78 is 24.7. The summed E-state index contributed by atoms with van der Waals surface area (Å²) in [6.07, 6.45) is 2.90. The van der Waals surface area contributed by atoms with E-state index in [-0.39, 0.29) is 22.9 Å². The smallest absolute Gasteiger partial charge is 0.264 e. The number of anilines is 2. The predicted octanol–water partition coefficient (Wildman–Crippen LogP) is 3.81. The quantitative estimate of drug-likeness (QED) is 0.444. The summed E-state index contributed by atoms with van der Waals surface area (Å²) >= 11 is 1.47. The summed E-state index contributed by atoms with van der Waals surface area (Å²) in [6.45, 7) is 5.54. The number of thiophene rings is 1. The summed E-state index contributed by atoms with van der Waals surface area (Å²) in [5, 5.41) is 8.32. The number of nitrogens with one attached hydrogen (secondary N) is 2. The van der Waals surface area contributed by atoms with E-state index in [9.17, 15) is 13.2 Å². The molecule has 0 spiro atoms. The van der Waals surface area contributed by atoms with Crippen LogP contribution in [0.2, 0.25) is 0 Å². The molecule has 1 saturated heterocycles. The number of rotatable bonds is 4. The van der Waals surface area contributed by atoms with Gasteiger partial charge in [-0.05, 0) is 50.2 Å². The normalized spacial score (nSPS) is 19.0. The Bertz CT molecular complexity index is 1510. The lowest BCUT2D eigenvalue weighted by atomic mass is 10.1. The van der Waals surface area contributed by atoms with Crippen LogP contribution in [0.25, 0.3) is 21.0 Å². The lowest BCUT2D eigenvalue weighted by molar-refractivity contribution is 0.0679. The van der Waals surface area contributed by atoms with E-state index in [1.54, 1.807) is 30.5 Å². The average Bonchev–Trinajstić information content (AvgIpc) is 3.22. The maximum Gasteiger partial charge on any atom is 0.264 e. The minimum Gasteiger partial charge on any atom is -0.335 e. The Balaban J connectivity index is 1.49. The highest BCUT2D eigenvalue weighted by Gasteiger charge is 2.27. The number of benzene rings is 2. The molecule has 2 N–H and O–H groups in total. The molecule has 1 amide bonds. The van der Waals surface area contributed by atoms with Gasteiger partial charge in [0.05, 0.1) is 15.3 Å². The molecule has 2 aromatic heterocycles. The van der Waals surface area contributed by atoms with Crippen LogP contribution in [-0.4, -0.2) is 60.6 Å². The molecule has 5 rings (SSSR count). The third-order valence-corrected chi connectivity index (χ3v) is 8.02. The molecular weight excluding hydrogens is 470 g/mol. The molecule has 0 saturated carbocycles. The van der Waals surface area contributed by atoms with Crippen molar-refractivity contribution in [3.05, 3.63) is 53.5 Å². The summed E-state index contributed by atoms with van der Waals surface area (Å²) in [5.41, 5.74) is 1.32. The third kappa shape index (κ3) is 4.48. The average molecular weight is 496 g/mol. The Morgan fingerprint density at radius 1 is 1.15 bits per heavy atom. The monoisotopic (exact) mass is 495 g/mol. The predicted molar refractivity (Wildman–Crippen MR) is 136 cm³/mol. The zero-order valence-electron chi connectivity index (χ0n) is 19.1. The molecule has 176 valence electrons. The Morgan fingerprint density at radius 3 is 2.65 bits per heavy atom. The van der Waals surface area contributed by atoms with Gasteiger partial charge < -0.3 is 15.5 Å². The molecule has 8 nitrogen and oxygen atoms in total. The molecule has 2 atom stereocenters. The second kappa shape index (κ2) is 8.61. The number of amides is 1. The maximum atomic E-state index is 13.2. The van der Waals surface area contributed by atoms with Crippen molar-refractivity contribution in [2.45, 2.75) is 30.8 Å². The van der Waals surface area contributed by atoms with E-state index in [1.807, 2.05) is 23.1 Å². The van der Waals surface area contributed by atoms with Crippen molar-refractivity contribution in [1.29, 1.82) is 0 Å². The van der Waals surface area contributed by atoms with Crippen molar-refractivity contribution in [3.63, 3.8) is 0 Å². The lowest BCUT2D eigenvalue weighted by Crippen LogP contribution is -2.55. The standard InChI is InChI=1S/C24H25N5O3S2/c1-14-12-29(13-15(2)26-14)23(30)21-10-19-20(33-21)8-7-16-11-25-24(28-22(16)19)27-17-5-4-6-18(9-17)34(3,31)32/h4-11,14-15,26H,12-13H2,1-3H3,(H,25,27,28). The van der Waals surface area contributed by atoms with Crippen molar-refractivity contribution in [2.24, 2.45) is 0 Å². The fourth-order valence-electron chi connectivity index (χ4n) is 4.36. The second-order valence-electron chi connectivity index (χ2n) is 8.82. The zero-order valence-corrected chi connectivity index (χ0v) is 20.7. The molecule has 1 aliphatic heterocycles. The van der Waals surface area contributed by atoms with Gasteiger partial charge in [-0.1, -0.05) is 6.07 Å². The minimum absolute atomic E-state index is 0.0412. The fourth-order valence-corrected chi connectivity index (χ4v) is 6.05. The molecular formula is C24H25N5O3S2. The zero-order chi connectivity index (χ0) is 24.0. The largest absolute Gasteiger partial charge is 0.335 e. The van der Waals surface area contributed by atoms with Gasteiger partial charge in [-0.25, -0.2) is 18.4 Å². The number of aromatic nitrogens is 2. The van der Waals surface area contributed by atoms with Gasteiger partial charge >= 0.3 is 0 Å². The van der Waals surface area contributed by atoms with Crippen LogP contribution in [0, 0.1) is 0 Å². The van der Waals surface area contributed by atoms with Crippen molar-refractivity contribution >= 4 is 59.7 Å². The van der Waals surface area contributed by atoms with Gasteiger partial charge in [-0.2, -0.15) is 0 Å². The van der Waals surface area contributed by atoms with E-state index in [1.165, 1.54) is 17.6 Å². The number of sulfone groups is 1. The molecule has 4 aromatic rings. The summed E-state index contributed by atoms with van der Waals surface area (Å²) in [4.78, 5) is 25.1. The number of hydrogen-bond donors (Lipinski definition) is 2. The Kier molecular flexibility index (Phi) is 5.75. The molecule has 1 fully saturated rings. The van der Waals surface area contributed by atoms with Gasteiger partial charge in [0.25, 0.3) is 5.91 Å². The highest BCUT2D eigenvalue weighted by atomic mass is 32.2. The first-order chi connectivity index (χ1) is 16.2. The summed E-state index contributed by atoms with van der Waals surface area (Å²) in [6, 6.07) is 12.9. The molecule has 34 heavy (non-hydrogen) atoms. The molecule has 10 heteroatoms. The van der Waals surface area contributed by atoms with Crippen LogP contribution in [-0.2, 0) is 9.84 Å². The topological polar surface area (TPSA) is 104 Å². The van der Waals surface area contributed by atoms with E-state index >= 15 is 0 Å². The third-order valence-electron chi connectivity index (χ3n) is 5.82. The van der Waals surface area contributed by atoms with E-state index in [0.29, 0.717) is 29.6 Å². The first-order valence-corrected chi connectivity index (χ1v) is 13.7. The van der Waals surface area contributed by atoms with Crippen LogP contribution in [0.1, 0.15) is 23.5 Å². The van der Waals surface area contributed by atoms with E-state index in [4.69, 9.17) is 4.98 Å². The number of nitrogens with zero attached hydrogens (tertiary/aromatic N) is 3. The SMILES string of the molecule is CC1CN(C(=O)c2cc3c(ccc4cnc(Nc5cccc(S(C)(=O)=O)c5)nc43)s2)CC(C)N1. The van der Waals surface area contributed by atoms with Crippen LogP contribution in [0.15, 0.2) is 53.6 Å². The lowest BCUT2D eigenvalue weighted by Gasteiger charge is -2.35. The Labute approximate surface area is 201 Å². The number of fused-ring (bicyclic) bond motifs is 3. The molecule has 0 bridgehead atoms. The molecule has 1 aliphatic rings. The minimum atomic E-state index is -3.32. The molecule has 3 heterocycles. The van der Waals surface area contributed by atoms with Crippen LogP contribution >= 0.6 is 11.3 Å². The fraction of sp³-hybridized carbons (Fsp3) is 0.292. The molecule has 2 unspecified atom stereocenters. The summed E-state index contributed by atoms with van der Waals surface area (Å²) in [5.74, 6) is 0.397. The van der Waals surface area contributed by atoms with Gasteiger partial charge in [-0.15, -0.1) is 11.3 Å². The Morgan fingerprint density at radius 2 is 1.91 bits per heavy atom. The van der Waals surface area contributed by atoms with E-state index in [2.05, 4.69) is 29.5 Å². The second-order valence-corrected chi connectivity index (χ2v) is 11.9.